The van der Waals surface area contributed by atoms with Gasteiger partial charge in [-0.2, -0.15) is 26.3 Å². The Morgan fingerprint density at radius 2 is 1.32 bits per heavy atom. The second kappa shape index (κ2) is 8.82. The molecular weight excluding hydrogens is 496 g/mol. The number of fused-ring (bicyclic) bond motifs is 1. The van der Waals surface area contributed by atoms with Crippen molar-refractivity contribution in [2.75, 3.05) is 5.32 Å². The van der Waals surface area contributed by atoms with Crippen molar-refractivity contribution in [1.29, 1.82) is 0 Å². The van der Waals surface area contributed by atoms with Crippen LogP contribution in [-0.4, -0.2) is 11.0 Å². The van der Waals surface area contributed by atoms with Gasteiger partial charge in [0.15, 0.2) is 0 Å². The maximum atomic E-state index is 13.9. The van der Waals surface area contributed by atoms with Gasteiger partial charge in [-0.15, -0.1) is 0 Å². The highest BCUT2D eigenvalue weighted by Gasteiger charge is 2.53. The van der Waals surface area contributed by atoms with Gasteiger partial charge in [0.05, 0.1) is 16.8 Å². The van der Waals surface area contributed by atoms with E-state index in [0.717, 1.165) is 30.3 Å². The summed E-state index contributed by atoms with van der Waals surface area (Å²) in [5, 5.41) is 13.3. The summed E-state index contributed by atoms with van der Waals surface area (Å²) < 4.78 is 81.6. The molecule has 1 amide bonds. The van der Waals surface area contributed by atoms with Crippen molar-refractivity contribution >= 4 is 11.6 Å². The van der Waals surface area contributed by atoms with E-state index in [1.807, 2.05) is 27.7 Å². The van der Waals surface area contributed by atoms with E-state index in [0.29, 0.717) is 11.1 Å². The molecule has 37 heavy (non-hydrogen) atoms. The number of benzene rings is 3. The summed E-state index contributed by atoms with van der Waals surface area (Å²) in [6.07, 6.45) is -9.42. The number of amides is 1. The minimum atomic E-state index is -4.78. The first kappa shape index (κ1) is 26.6. The molecule has 0 saturated heterocycles. The number of phenolic OH excluding ortho intramolecular Hbond substituents is 1. The Kier molecular flexibility index (Phi) is 6.33. The molecule has 0 aromatic heterocycles. The molecular formula is C28H25F6NO2. The molecule has 196 valence electrons. The lowest BCUT2D eigenvalue weighted by Gasteiger charge is -2.31. The molecule has 1 aliphatic heterocycles. The Balaban J connectivity index is 2.14. The number of rotatable bonds is 4. The Hall–Kier alpha value is -3.49. The normalized spacial score (nSPS) is 17.9. The molecule has 2 N–H and O–H groups in total. The van der Waals surface area contributed by atoms with E-state index in [1.165, 1.54) is 12.1 Å². The Labute approximate surface area is 210 Å². The second-order valence-electron chi connectivity index (χ2n) is 9.82. The first-order valence-corrected chi connectivity index (χ1v) is 11.7. The first-order chi connectivity index (χ1) is 17.1. The molecule has 1 heterocycles. The Morgan fingerprint density at radius 1 is 0.784 bits per heavy atom. The SMILES string of the molecule is CC(C)c1cc(C2(c3ccc(C(F)(F)F)cc3)C(=O)Nc3c(C(F)(F)F)cccc32)cc(C(C)C)c1O. The van der Waals surface area contributed by atoms with Crippen molar-refractivity contribution < 1.29 is 36.2 Å². The number of anilines is 1. The third kappa shape index (κ3) is 4.24. The topological polar surface area (TPSA) is 49.3 Å². The van der Waals surface area contributed by atoms with Gasteiger partial charge in [-0.05, 0) is 52.3 Å². The van der Waals surface area contributed by atoms with Crippen molar-refractivity contribution in [3.63, 3.8) is 0 Å². The van der Waals surface area contributed by atoms with Crippen LogP contribution in [0.15, 0.2) is 54.6 Å². The van der Waals surface area contributed by atoms with Crippen molar-refractivity contribution in [3.8, 4) is 5.75 Å². The fraction of sp³-hybridized carbons (Fsp3) is 0.321. The quantitative estimate of drug-likeness (QED) is 0.342. The lowest BCUT2D eigenvalue weighted by atomic mass is 9.68. The van der Waals surface area contributed by atoms with Crippen LogP contribution < -0.4 is 5.32 Å². The number of halogens is 6. The number of hydrogen-bond donors (Lipinski definition) is 2. The molecule has 0 radical (unpaired) electrons. The van der Waals surface area contributed by atoms with E-state index in [9.17, 15) is 36.2 Å². The summed E-state index contributed by atoms with van der Waals surface area (Å²) in [5.41, 5.74) is -3.08. The van der Waals surface area contributed by atoms with Crippen LogP contribution >= 0.6 is 0 Å². The monoisotopic (exact) mass is 521 g/mol. The molecule has 1 atom stereocenters. The fourth-order valence-electron chi connectivity index (χ4n) is 4.99. The van der Waals surface area contributed by atoms with Crippen molar-refractivity contribution in [2.45, 2.75) is 57.3 Å². The van der Waals surface area contributed by atoms with Crippen molar-refractivity contribution in [3.05, 3.63) is 93.5 Å². The number of hydrogen-bond acceptors (Lipinski definition) is 2. The van der Waals surface area contributed by atoms with Gasteiger partial charge in [0, 0.05) is 5.56 Å². The lowest BCUT2D eigenvalue weighted by molar-refractivity contribution is -0.138. The molecule has 3 nitrogen and oxygen atoms in total. The van der Waals surface area contributed by atoms with Crippen LogP contribution in [0, 0.1) is 0 Å². The summed E-state index contributed by atoms with van der Waals surface area (Å²) in [6.45, 7) is 7.27. The molecule has 4 rings (SSSR count). The van der Waals surface area contributed by atoms with E-state index >= 15 is 0 Å². The van der Waals surface area contributed by atoms with E-state index in [-0.39, 0.29) is 34.3 Å². The van der Waals surface area contributed by atoms with Crippen LogP contribution in [0.5, 0.6) is 5.75 Å². The minimum Gasteiger partial charge on any atom is -0.507 e. The van der Waals surface area contributed by atoms with Gasteiger partial charge in [0.1, 0.15) is 11.2 Å². The van der Waals surface area contributed by atoms with E-state index in [1.54, 1.807) is 12.1 Å². The number of alkyl halides is 6. The zero-order chi connectivity index (χ0) is 27.5. The Morgan fingerprint density at radius 3 is 1.78 bits per heavy atom. The molecule has 1 aliphatic rings. The molecule has 0 fully saturated rings. The summed E-state index contributed by atoms with van der Waals surface area (Å²) in [5.74, 6) is -1.24. The first-order valence-electron chi connectivity index (χ1n) is 11.7. The number of phenols is 1. The third-order valence-electron chi connectivity index (χ3n) is 6.84. The molecule has 0 saturated carbocycles. The molecule has 0 spiro atoms. The van der Waals surface area contributed by atoms with Crippen LogP contribution in [0.25, 0.3) is 0 Å². The minimum absolute atomic E-state index is 0.0130. The summed E-state index contributed by atoms with van der Waals surface area (Å²) in [7, 11) is 0. The van der Waals surface area contributed by atoms with Gasteiger partial charge in [0.2, 0.25) is 5.91 Å². The summed E-state index contributed by atoms with van der Waals surface area (Å²) >= 11 is 0. The maximum absolute atomic E-state index is 13.9. The highest BCUT2D eigenvalue weighted by atomic mass is 19.4. The zero-order valence-electron chi connectivity index (χ0n) is 20.5. The van der Waals surface area contributed by atoms with Gasteiger partial charge < -0.3 is 10.4 Å². The van der Waals surface area contributed by atoms with E-state index in [4.69, 9.17) is 0 Å². The maximum Gasteiger partial charge on any atom is 0.418 e. The fourth-order valence-corrected chi connectivity index (χ4v) is 4.99. The van der Waals surface area contributed by atoms with Crippen LogP contribution in [0.2, 0.25) is 0 Å². The number of para-hydroxylation sites is 1. The van der Waals surface area contributed by atoms with Crippen LogP contribution in [0.4, 0.5) is 32.0 Å². The molecule has 0 aliphatic carbocycles. The summed E-state index contributed by atoms with van der Waals surface area (Å²) in [4.78, 5) is 13.8. The third-order valence-corrected chi connectivity index (χ3v) is 6.84. The largest absolute Gasteiger partial charge is 0.507 e. The van der Waals surface area contributed by atoms with Crippen LogP contribution in [-0.2, 0) is 22.6 Å². The predicted molar refractivity (Wildman–Crippen MR) is 128 cm³/mol. The predicted octanol–water partition coefficient (Wildman–Crippen LogP) is 7.96. The van der Waals surface area contributed by atoms with Gasteiger partial charge in [-0.3, -0.25) is 4.79 Å². The second-order valence-corrected chi connectivity index (χ2v) is 9.82. The highest BCUT2D eigenvalue weighted by Crippen LogP contribution is 2.53. The molecule has 0 bridgehead atoms. The molecule has 3 aromatic rings. The van der Waals surface area contributed by atoms with Crippen molar-refractivity contribution in [1.82, 2.24) is 0 Å². The molecule has 1 unspecified atom stereocenters. The van der Waals surface area contributed by atoms with Gasteiger partial charge in [0.25, 0.3) is 0 Å². The van der Waals surface area contributed by atoms with Gasteiger partial charge in [-0.1, -0.05) is 64.1 Å². The average molecular weight is 522 g/mol. The van der Waals surface area contributed by atoms with Crippen LogP contribution in [0.3, 0.4) is 0 Å². The number of nitrogens with one attached hydrogen (secondary N) is 1. The van der Waals surface area contributed by atoms with E-state index in [2.05, 4.69) is 5.32 Å². The lowest BCUT2D eigenvalue weighted by Crippen LogP contribution is -2.37. The van der Waals surface area contributed by atoms with Gasteiger partial charge >= 0.3 is 12.4 Å². The highest BCUT2D eigenvalue weighted by molar-refractivity contribution is 6.12. The standard InChI is InChI=1S/C28H25F6NO2/c1-14(2)19-12-18(13-20(15(3)4)24(19)36)26(16-8-10-17(11-9-16)27(29,30)31)21-6-5-7-22(28(32,33)34)23(21)35-25(26)37/h5-15,36H,1-4H3,(H,35,37). The van der Waals surface area contributed by atoms with Crippen molar-refractivity contribution in [2.24, 2.45) is 0 Å². The van der Waals surface area contributed by atoms with Crippen LogP contribution in [0.1, 0.15) is 78.5 Å². The smallest absolute Gasteiger partial charge is 0.418 e. The number of carbonyl (C=O) groups is 1. The molecule has 3 aromatic carbocycles. The van der Waals surface area contributed by atoms with Gasteiger partial charge in [-0.25, -0.2) is 0 Å². The number of aromatic hydroxyl groups is 1. The average Bonchev–Trinajstić information content (AvgIpc) is 3.10. The summed E-state index contributed by atoms with van der Waals surface area (Å²) in [6, 6.07) is 10.4. The Bertz CT molecular complexity index is 1330. The zero-order valence-corrected chi connectivity index (χ0v) is 20.5. The molecule has 9 heteroatoms. The number of carbonyl (C=O) groups excluding carboxylic acids is 1. The van der Waals surface area contributed by atoms with E-state index < -0.39 is 40.5 Å².